The summed E-state index contributed by atoms with van der Waals surface area (Å²) in [6, 6.07) is 4.35. The summed E-state index contributed by atoms with van der Waals surface area (Å²) in [5.74, 6) is -1.57. The second-order valence-electron chi connectivity index (χ2n) is 4.57. The van der Waals surface area contributed by atoms with Crippen LogP contribution in [0.25, 0.3) is 0 Å². The van der Waals surface area contributed by atoms with E-state index in [-0.39, 0.29) is 11.4 Å². The summed E-state index contributed by atoms with van der Waals surface area (Å²) in [6.07, 6.45) is 0.621. The molecule has 0 unspecified atom stereocenters. The SMILES string of the molecule is CCC(CC)(CNS(=O)(=O)c1ccc(F)cc1)C(=O)O. The van der Waals surface area contributed by atoms with Crippen molar-refractivity contribution in [3.05, 3.63) is 30.1 Å². The first-order valence-electron chi connectivity index (χ1n) is 6.26. The van der Waals surface area contributed by atoms with E-state index in [1.54, 1.807) is 13.8 Å². The van der Waals surface area contributed by atoms with Gasteiger partial charge in [-0.3, -0.25) is 4.79 Å². The number of hydrogen-bond donors (Lipinski definition) is 2. The molecule has 0 bridgehead atoms. The van der Waals surface area contributed by atoms with Crippen molar-refractivity contribution in [3.63, 3.8) is 0 Å². The van der Waals surface area contributed by atoms with Crippen molar-refractivity contribution in [3.8, 4) is 0 Å². The van der Waals surface area contributed by atoms with Crippen molar-refractivity contribution in [2.24, 2.45) is 5.41 Å². The average molecular weight is 303 g/mol. The van der Waals surface area contributed by atoms with Gasteiger partial charge >= 0.3 is 5.97 Å². The highest BCUT2D eigenvalue weighted by molar-refractivity contribution is 7.89. The molecule has 2 N–H and O–H groups in total. The van der Waals surface area contributed by atoms with Crippen LogP contribution in [0.3, 0.4) is 0 Å². The van der Waals surface area contributed by atoms with Crippen molar-refractivity contribution in [1.29, 1.82) is 0 Å². The summed E-state index contributed by atoms with van der Waals surface area (Å²) >= 11 is 0. The van der Waals surface area contributed by atoms with Crippen LogP contribution in [-0.2, 0) is 14.8 Å². The van der Waals surface area contributed by atoms with Gasteiger partial charge in [-0.05, 0) is 37.1 Å². The van der Waals surface area contributed by atoms with Crippen molar-refractivity contribution < 1.29 is 22.7 Å². The lowest BCUT2D eigenvalue weighted by atomic mass is 9.83. The molecular formula is C13H18FNO4S. The number of halogens is 1. The normalized spacial score (nSPS) is 12.3. The highest BCUT2D eigenvalue weighted by Crippen LogP contribution is 2.26. The number of aliphatic carboxylic acids is 1. The molecule has 112 valence electrons. The predicted molar refractivity (Wildman–Crippen MR) is 72.2 cm³/mol. The third kappa shape index (κ3) is 3.55. The standard InChI is InChI=1S/C13H18FNO4S/c1-3-13(4-2,12(16)17)9-15-20(18,19)11-7-5-10(14)6-8-11/h5-8,15H,3-4,9H2,1-2H3,(H,16,17). The van der Waals surface area contributed by atoms with Gasteiger partial charge in [0.05, 0.1) is 10.3 Å². The van der Waals surface area contributed by atoms with E-state index in [0.29, 0.717) is 12.8 Å². The minimum absolute atomic E-state index is 0.0922. The van der Waals surface area contributed by atoms with E-state index < -0.39 is 27.2 Å². The van der Waals surface area contributed by atoms with Crippen LogP contribution >= 0.6 is 0 Å². The molecule has 0 spiro atoms. The second kappa shape index (κ2) is 6.32. The molecule has 0 radical (unpaired) electrons. The smallest absolute Gasteiger partial charge is 0.310 e. The van der Waals surface area contributed by atoms with E-state index in [4.69, 9.17) is 0 Å². The number of hydrogen-bond acceptors (Lipinski definition) is 3. The summed E-state index contributed by atoms with van der Waals surface area (Å²) in [5, 5.41) is 9.24. The minimum Gasteiger partial charge on any atom is -0.481 e. The highest BCUT2D eigenvalue weighted by atomic mass is 32.2. The molecule has 1 rings (SSSR count). The van der Waals surface area contributed by atoms with Crippen molar-refractivity contribution in [2.75, 3.05) is 6.54 Å². The molecule has 20 heavy (non-hydrogen) atoms. The number of rotatable bonds is 7. The molecule has 5 nitrogen and oxygen atoms in total. The third-order valence-corrected chi connectivity index (χ3v) is 4.95. The molecule has 0 aliphatic rings. The first-order chi connectivity index (χ1) is 9.27. The molecule has 0 saturated heterocycles. The first-order valence-corrected chi connectivity index (χ1v) is 7.74. The van der Waals surface area contributed by atoms with Gasteiger partial charge in [0, 0.05) is 6.54 Å². The van der Waals surface area contributed by atoms with Crippen LogP contribution in [0.5, 0.6) is 0 Å². The quantitative estimate of drug-likeness (QED) is 0.807. The lowest BCUT2D eigenvalue weighted by molar-refractivity contribution is -0.149. The van der Waals surface area contributed by atoms with E-state index in [1.165, 1.54) is 0 Å². The number of carbonyl (C=O) groups is 1. The van der Waals surface area contributed by atoms with Gasteiger partial charge in [0.1, 0.15) is 5.82 Å². The van der Waals surface area contributed by atoms with E-state index in [2.05, 4.69) is 4.72 Å². The van der Waals surface area contributed by atoms with Crippen LogP contribution in [0.2, 0.25) is 0 Å². The Morgan fingerprint density at radius 3 is 2.15 bits per heavy atom. The Morgan fingerprint density at radius 2 is 1.75 bits per heavy atom. The molecular weight excluding hydrogens is 285 g/mol. The summed E-state index contributed by atoms with van der Waals surface area (Å²) < 4.78 is 39.1. The molecule has 1 aromatic rings. The molecule has 0 saturated carbocycles. The van der Waals surface area contributed by atoms with Crippen LogP contribution in [-0.4, -0.2) is 26.0 Å². The highest BCUT2D eigenvalue weighted by Gasteiger charge is 2.36. The topological polar surface area (TPSA) is 83.5 Å². The van der Waals surface area contributed by atoms with Crippen LogP contribution in [0.15, 0.2) is 29.2 Å². The van der Waals surface area contributed by atoms with Gasteiger partial charge in [-0.25, -0.2) is 17.5 Å². The Morgan fingerprint density at radius 1 is 1.25 bits per heavy atom. The molecule has 0 fully saturated rings. The molecule has 0 heterocycles. The minimum atomic E-state index is -3.84. The Balaban J connectivity index is 2.92. The Hall–Kier alpha value is -1.47. The number of carboxylic acids is 1. The Bertz CT molecular complexity index is 565. The van der Waals surface area contributed by atoms with E-state index >= 15 is 0 Å². The number of carboxylic acid groups (broad SMARTS) is 1. The Kier molecular flexibility index (Phi) is 5.24. The maximum absolute atomic E-state index is 12.8. The molecule has 0 amide bonds. The van der Waals surface area contributed by atoms with E-state index in [9.17, 15) is 22.7 Å². The molecule has 0 aliphatic heterocycles. The van der Waals surface area contributed by atoms with Crippen LogP contribution < -0.4 is 4.72 Å². The fraction of sp³-hybridized carbons (Fsp3) is 0.462. The van der Waals surface area contributed by atoms with Crippen molar-refractivity contribution in [2.45, 2.75) is 31.6 Å². The third-order valence-electron chi connectivity index (χ3n) is 3.53. The molecule has 1 aromatic carbocycles. The van der Waals surface area contributed by atoms with Gasteiger partial charge in [-0.2, -0.15) is 0 Å². The number of sulfonamides is 1. The molecule has 0 atom stereocenters. The van der Waals surface area contributed by atoms with Gasteiger partial charge in [-0.1, -0.05) is 13.8 Å². The predicted octanol–water partition coefficient (Wildman–Crippen LogP) is 2.00. The van der Waals surface area contributed by atoms with Crippen LogP contribution in [0, 0.1) is 11.2 Å². The fourth-order valence-electron chi connectivity index (χ4n) is 1.81. The van der Waals surface area contributed by atoms with E-state index in [0.717, 1.165) is 24.3 Å². The average Bonchev–Trinajstić information content (AvgIpc) is 2.40. The van der Waals surface area contributed by atoms with E-state index in [1.807, 2.05) is 0 Å². The lowest BCUT2D eigenvalue weighted by Crippen LogP contribution is -2.42. The van der Waals surface area contributed by atoms with Gasteiger partial charge in [0.15, 0.2) is 0 Å². The maximum Gasteiger partial charge on any atom is 0.310 e. The second-order valence-corrected chi connectivity index (χ2v) is 6.34. The molecule has 0 aliphatic carbocycles. The summed E-state index contributed by atoms with van der Waals surface area (Å²) in [5.41, 5.74) is -1.13. The van der Waals surface area contributed by atoms with Gasteiger partial charge < -0.3 is 5.11 Å². The van der Waals surface area contributed by atoms with Crippen LogP contribution in [0.4, 0.5) is 4.39 Å². The van der Waals surface area contributed by atoms with Gasteiger partial charge in [-0.15, -0.1) is 0 Å². The lowest BCUT2D eigenvalue weighted by Gasteiger charge is -2.26. The number of nitrogens with one attached hydrogen (secondary N) is 1. The number of benzene rings is 1. The summed E-state index contributed by atoms with van der Waals surface area (Å²) in [4.78, 5) is 11.2. The molecule has 0 aromatic heterocycles. The summed E-state index contributed by atoms with van der Waals surface area (Å²) in [7, 11) is -3.84. The fourth-order valence-corrected chi connectivity index (χ4v) is 2.94. The zero-order chi connectivity index (χ0) is 15.4. The van der Waals surface area contributed by atoms with Crippen molar-refractivity contribution in [1.82, 2.24) is 4.72 Å². The first kappa shape index (κ1) is 16.6. The van der Waals surface area contributed by atoms with Crippen LogP contribution in [0.1, 0.15) is 26.7 Å². The zero-order valence-electron chi connectivity index (χ0n) is 11.4. The monoisotopic (exact) mass is 303 g/mol. The van der Waals surface area contributed by atoms with Gasteiger partial charge in [0.25, 0.3) is 0 Å². The summed E-state index contributed by atoms with van der Waals surface area (Å²) in [6.45, 7) is 3.20. The van der Waals surface area contributed by atoms with Crippen molar-refractivity contribution >= 4 is 16.0 Å². The zero-order valence-corrected chi connectivity index (χ0v) is 12.2. The van der Waals surface area contributed by atoms with Gasteiger partial charge in [0.2, 0.25) is 10.0 Å². The maximum atomic E-state index is 12.8. The largest absolute Gasteiger partial charge is 0.481 e. The molecule has 7 heteroatoms. The Labute approximate surface area is 117 Å².